The Balaban J connectivity index is 2.17. The van der Waals surface area contributed by atoms with Crippen molar-refractivity contribution < 1.29 is 0 Å². The first-order valence-corrected chi connectivity index (χ1v) is 7.79. The summed E-state index contributed by atoms with van der Waals surface area (Å²) in [6.07, 6.45) is 2.16. The molecule has 0 aliphatic heterocycles. The summed E-state index contributed by atoms with van der Waals surface area (Å²) in [7, 11) is 2.07. The quantitative estimate of drug-likeness (QED) is 0.862. The van der Waals surface area contributed by atoms with E-state index in [9.17, 15) is 0 Å². The van der Waals surface area contributed by atoms with Crippen molar-refractivity contribution in [1.82, 2.24) is 5.32 Å². The zero-order valence-electron chi connectivity index (χ0n) is 14.0. The van der Waals surface area contributed by atoms with E-state index < -0.39 is 0 Å². The maximum absolute atomic E-state index is 3.49. The third-order valence-corrected chi connectivity index (χ3v) is 4.27. The molecular weight excluding hydrogens is 254 g/mol. The van der Waals surface area contributed by atoms with Crippen LogP contribution in [0.4, 0.5) is 0 Å². The molecule has 1 nitrogen and oxygen atoms in total. The summed E-state index contributed by atoms with van der Waals surface area (Å²) in [5, 5.41) is 3.49. The number of hydrogen-bond acceptors (Lipinski definition) is 1. The summed E-state index contributed by atoms with van der Waals surface area (Å²) in [6, 6.07) is 13.9. The van der Waals surface area contributed by atoms with Gasteiger partial charge in [0.25, 0.3) is 0 Å². The molecule has 0 fully saturated rings. The molecule has 0 aromatic heterocycles. The molecule has 1 heteroatoms. The van der Waals surface area contributed by atoms with Crippen molar-refractivity contribution in [3.63, 3.8) is 0 Å². The Morgan fingerprint density at radius 1 is 0.857 bits per heavy atom. The van der Waals surface area contributed by atoms with Crippen molar-refractivity contribution in [3.8, 4) is 0 Å². The monoisotopic (exact) mass is 281 g/mol. The number of hydrogen-bond donors (Lipinski definition) is 1. The molecule has 1 atom stereocenters. The lowest BCUT2D eigenvalue weighted by atomic mass is 9.92. The fourth-order valence-corrected chi connectivity index (χ4v) is 3.16. The Morgan fingerprint density at radius 2 is 1.43 bits per heavy atom. The largest absolute Gasteiger partial charge is 0.316 e. The van der Waals surface area contributed by atoms with Gasteiger partial charge in [0.05, 0.1) is 0 Å². The molecule has 0 aliphatic rings. The van der Waals surface area contributed by atoms with Crippen LogP contribution in [0.3, 0.4) is 0 Å². The minimum Gasteiger partial charge on any atom is -0.316 e. The van der Waals surface area contributed by atoms with Gasteiger partial charge in [0.15, 0.2) is 0 Å². The minimum absolute atomic E-state index is 0.478. The van der Waals surface area contributed by atoms with Crippen molar-refractivity contribution in [3.05, 3.63) is 69.8 Å². The average molecular weight is 281 g/mol. The van der Waals surface area contributed by atoms with Gasteiger partial charge in [0.2, 0.25) is 0 Å². The van der Waals surface area contributed by atoms with Crippen LogP contribution in [0.1, 0.15) is 33.4 Å². The second-order valence-electron chi connectivity index (χ2n) is 6.26. The van der Waals surface area contributed by atoms with E-state index in [0.717, 1.165) is 12.8 Å². The lowest BCUT2D eigenvalue weighted by Gasteiger charge is -2.20. The van der Waals surface area contributed by atoms with Gasteiger partial charge in [-0.15, -0.1) is 0 Å². The SMILES string of the molecule is CNC(Cc1cc(C)cc(C)c1)Cc1c(C)cccc1C. The summed E-state index contributed by atoms with van der Waals surface area (Å²) < 4.78 is 0. The molecule has 21 heavy (non-hydrogen) atoms. The Kier molecular flexibility index (Phi) is 5.19. The van der Waals surface area contributed by atoms with Crippen LogP contribution in [0.2, 0.25) is 0 Å². The Labute approximate surface area is 129 Å². The number of rotatable bonds is 5. The van der Waals surface area contributed by atoms with E-state index in [1.165, 1.54) is 33.4 Å². The van der Waals surface area contributed by atoms with Gasteiger partial charge < -0.3 is 5.32 Å². The predicted octanol–water partition coefficient (Wildman–Crippen LogP) is 4.29. The van der Waals surface area contributed by atoms with Crippen LogP contribution >= 0.6 is 0 Å². The molecule has 2 rings (SSSR count). The first kappa shape index (κ1) is 15.8. The van der Waals surface area contributed by atoms with Crippen molar-refractivity contribution >= 4 is 0 Å². The Bertz CT molecular complexity index is 573. The molecule has 2 aromatic rings. The third kappa shape index (κ3) is 4.18. The molecule has 112 valence electrons. The van der Waals surface area contributed by atoms with E-state index in [4.69, 9.17) is 0 Å². The van der Waals surface area contributed by atoms with Crippen LogP contribution in [-0.4, -0.2) is 13.1 Å². The molecule has 2 aromatic carbocycles. The van der Waals surface area contributed by atoms with Crippen LogP contribution in [0, 0.1) is 27.7 Å². The lowest BCUT2D eigenvalue weighted by Crippen LogP contribution is -2.30. The highest BCUT2D eigenvalue weighted by Gasteiger charge is 2.12. The lowest BCUT2D eigenvalue weighted by molar-refractivity contribution is 0.554. The Morgan fingerprint density at radius 3 is 1.95 bits per heavy atom. The molecule has 1 N–H and O–H groups in total. The minimum atomic E-state index is 0.478. The van der Waals surface area contributed by atoms with Crippen LogP contribution < -0.4 is 5.32 Å². The number of nitrogens with one attached hydrogen (secondary N) is 1. The summed E-state index contributed by atoms with van der Waals surface area (Å²) in [5.74, 6) is 0. The molecule has 0 saturated carbocycles. The summed E-state index contributed by atoms with van der Waals surface area (Å²) in [5.41, 5.74) is 8.42. The fraction of sp³-hybridized carbons (Fsp3) is 0.400. The molecule has 0 heterocycles. The highest BCUT2D eigenvalue weighted by molar-refractivity contribution is 5.35. The summed E-state index contributed by atoms with van der Waals surface area (Å²) in [4.78, 5) is 0. The van der Waals surface area contributed by atoms with E-state index in [0.29, 0.717) is 6.04 Å². The average Bonchev–Trinajstić information content (AvgIpc) is 2.40. The summed E-state index contributed by atoms with van der Waals surface area (Å²) in [6.45, 7) is 8.78. The maximum Gasteiger partial charge on any atom is 0.0145 e. The van der Waals surface area contributed by atoms with E-state index in [-0.39, 0.29) is 0 Å². The molecule has 0 spiro atoms. The highest BCUT2D eigenvalue weighted by atomic mass is 14.9. The van der Waals surface area contributed by atoms with E-state index >= 15 is 0 Å². The molecule has 1 unspecified atom stereocenters. The molecule has 0 aliphatic carbocycles. The van der Waals surface area contributed by atoms with Gasteiger partial charge in [-0.2, -0.15) is 0 Å². The second-order valence-corrected chi connectivity index (χ2v) is 6.26. The molecular formula is C20H27N. The normalized spacial score (nSPS) is 12.4. The fourth-order valence-electron chi connectivity index (χ4n) is 3.16. The van der Waals surface area contributed by atoms with Gasteiger partial charge >= 0.3 is 0 Å². The van der Waals surface area contributed by atoms with E-state index in [2.05, 4.69) is 76.5 Å². The Hall–Kier alpha value is -1.60. The number of benzene rings is 2. The van der Waals surface area contributed by atoms with Crippen molar-refractivity contribution in [2.45, 2.75) is 46.6 Å². The van der Waals surface area contributed by atoms with Gasteiger partial charge in [-0.05, 0) is 69.8 Å². The van der Waals surface area contributed by atoms with Crippen molar-refractivity contribution in [2.75, 3.05) is 7.05 Å². The molecule has 0 saturated heterocycles. The highest BCUT2D eigenvalue weighted by Crippen LogP contribution is 2.18. The van der Waals surface area contributed by atoms with E-state index in [1.54, 1.807) is 0 Å². The molecule has 0 amide bonds. The van der Waals surface area contributed by atoms with Crippen LogP contribution in [-0.2, 0) is 12.8 Å². The zero-order valence-corrected chi connectivity index (χ0v) is 14.0. The third-order valence-electron chi connectivity index (χ3n) is 4.27. The summed E-state index contributed by atoms with van der Waals surface area (Å²) >= 11 is 0. The van der Waals surface area contributed by atoms with Gasteiger partial charge in [-0.3, -0.25) is 0 Å². The van der Waals surface area contributed by atoms with Gasteiger partial charge in [-0.1, -0.05) is 47.5 Å². The molecule has 0 radical (unpaired) electrons. The first-order valence-electron chi connectivity index (χ1n) is 7.79. The van der Waals surface area contributed by atoms with Crippen molar-refractivity contribution in [2.24, 2.45) is 0 Å². The maximum atomic E-state index is 3.49. The zero-order chi connectivity index (χ0) is 15.4. The van der Waals surface area contributed by atoms with E-state index in [1.807, 2.05) is 0 Å². The second kappa shape index (κ2) is 6.91. The smallest absolute Gasteiger partial charge is 0.0145 e. The van der Waals surface area contributed by atoms with Gasteiger partial charge in [0, 0.05) is 6.04 Å². The van der Waals surface area contributed by atoms with Crippen LogP contribution in [0.25, 0.3) is 0 Å². The van der Waals surface area contributed by atoms with Gasteiger partial charge in [-0.25, -0.2) is 0 Å². The van der Waals surface area contributed by atoms with Gasteiger partial charge in [0.1, 0.15) is 0 Å². The van der Waals surface area contributed by atoms with Crippen LogP contribution in [0.5, 0.6) is 0 Å². The van der Waals surface area contributed by atoms with Crippen LogP contribution in [0.15, 0.2) is 36.4 Å². The molecule has 0 bridgehead atoms. The number of likely N-dealkylation sites (N-methyl/N-ethyl adjacent to an activating group) is 1. The first-order chi connectivity index (χ1) is 9.99. The number of aryl methyl sites for hydroxylation is 4. The predicted molar refractivity (Wildman–Crippen MR) is 92.1 cm³/mol. The van der Waals surface area contributed by atoms with Crippen molar-refractivity contribution in [1.29, 1.82) is 0 Å². The standard InChI is InChI=1S/C20H27N/c1-14-9-15(2)11-18(10-14)12-19(21-5)13-20-16(3)7-6-8-17(20)4/h6-11,19,21H,12-13H2,1-5H3. The topological polar surface area (TPSA) is 12.0 Å².